The van der Waals surface area contributed by atoms with Gasteiger partial charge in [0.1, 0.15) is 0 Å². The van der Waals surface area contributed by atoms with Crippen LogP contribution in [-0.2, 0) is 7.05 Å². The first-order valence-electron chi connectivity index (χ1n) is 7.35. The number of rotatable bonds is 4. The molecule has 0 N–H and O–H groups in total. The normalized spacial score (nSPS) is 12.5. The standard InChI is InChI=1S/C19H19NO/c1-3-15(14-9-5-4-6-10-14)19-17(13-21)16-11-7-8-12-18(16)20(19)2/h4-13,15H,3H2,1-2H3/t15-/m0/s1. The average molecular weight is 277 g/mol. The quantitative estimate of drug-likeness (QED) is 0.642. The van der Waals surface area contributed by atoms with E-state index < -0.39 is 0 Å². The van der Waals surface area contributed by atoms with Crippen molar-refractivity contribution in [3.8, 4) is 0 Å². The van der Waals surface area contributed by atoms with Gasteiger partial charge in [-0.05, 0) is 18.1 Å². The van der Waals surface area contributed by atoms with Gasteiger partial charge in [0.05, 0.1) is 0 Å². The number of hydrogen-bond acceptors (Lipinski definition) is 1. The molecular formula is C19H19NO. The Morgan fingerprint density at radius 2 is 1.71 bits per heavy atom. The fraction of sp³-hybridized carbons (Fsp3) is 0.211. The van der Waals surface area contributed by atoms with Gasteiger partial charge < -0.3 is 4.57 Å². The van der Waals surface area contributed by atoms with E-state index in [-0.39, 0.29) is 5.92 Å². The fourth-order valence-corrected chi connectivity index (χ4v) is 3.26. The molecule has 0 saturated carbocycles. The van der Waals surface area contributed by atoms with E-state index in [9.17, 15) is 4.79 Å². The summed E-state index contributed by atoms with van der Waals surface area (Å²) in [6.45, 7) is 2.17. The monoisotopic (exact) mass is 277 g/mol. The first kappa shape index (κ1) is 13.6. The molecule has 0 aliphatic carbocycles. The Labute approximate surface area is 125 Å². The number of aromatic nitrogens is 1. The van der Waals surface area contributed by atoms with Gasteiger partial charge in [-0.1, -0.05) is 55.5 Å². The molecule has 0 saturated heterocycles. The van der Waals surface area contributed by atoms with Gasteiger partial charge in [0.2, 0.25) is 0 Å². The van der Waals surface area contributed by atoms with E-state index in [0.717, 1.165) is 34.9 Å². The van der Waals surface area contributed by atoms with Crippen LogP contribution in [0.4, 0.5) is 0 Å². The molecule has 2 aromatic carbocycles. The van der Waals surface area contributed by atoms with E-state index in [1.54, 1.807) is 0 Å². The number of benzene rings is 2. The molecule has 1 atom stereocenters. The van der Waals surface area contributed by atoms with E-state index >= 15 is 0 Å². The summed E-state index contributed by atoms with van der Waals surface area (Å²) in [4.78, 5) is 11.7. The van der Waals surface area contributed by atoms with Gasteiger partial charge in [0.15, 0.2) is 6.29 Å². The van der Waals surface area contributed by atoms with Crippen molar-refractivity contribution in [2.24, 2.45) is 7.05 Å². The van der Waals surface area contributed by atoms with Gasteiger partial charge in [-0.2, -0.15) is 0 Å². The van der Waals surface area contributed by atoms with E-state index in [1.807, 2.05) is 24.3 Å². The second-order valence-electron chi connectivity index (χ2n) is 5.36. The third-order valence-corrected chi connectivity index (χ3v) is 4.25. The molecule has 2 heteroatoms. The highest BCUT2D eigenvalue weighted by atomic mass is 16.1. The molecule has 0 aliphatic rings. The van der Waals surface area contributed by atoms with Gasteiger partial charge in [0.25, 0.3) is 0 Å². The van der Waals surface area contributed by atoms with Crippen LogP contribution in [0.2, 0.25) is 0 Å². The van der Waals surface area contributed by atoms with E-state index in [0.29, 0.717) is 0 Å². The molecule has 0 unspecified atom stereocenters. The number of hydrogen-bond donors (Lipinski definition) is 0. The van der Waals surface area contributed by atoms with Crippen molar-refractivity contribution in [1.82, 2.24) is 4.57 Å². The van der Waals surface area contributed by atoms with Crippen LogP contribution in [0.1, 0.15) is 40.9 Å². The first-order chi connectivity index (χ1) is 10.3. The van der Waals surface area contributed by atoms with Crippen molar-refractivity contribution in [1.29, 1.82) is 0 Å². The maximum atomic E-state index is 11.7. The molecule has 3 rings (SSSR count). The molecule has 0 aliphatic heterocycles. The number of para-hydroxylation sites is 1. The summed E-state index contributed by atoms with van der Waals surface area (Å²) in [5.74, 6) is 0.240. The highest BCUT2D eigenvalue weighted by Crippen LogP contribution is 2.35. The van der Waals surface area contributed by atoms with Gasteiger partial charge in [-0.3, -0.25) is 4.79 Å². The molecule has 106 valence electrons. The summed E-state index contributed by atoms with van der Waals surface area (Å²) in [5.41, 5.74) is 4.31. The lowest BCUT2D eigenvalue weighted by Crippen LogP contribution is -2.08. The zero-order valence-corrected chi connectivity index (χ0v) is 12.4. The second kappa shape index (κ2) is 5.57. The minimum absolute atomic E-state index is 0.240. The summed E-state index contributed by atoms with van der Waals surface area (Å²) in [6.07, 6.45) is 1.97. The third kappa shape index (κ3) is 2.17. The Kier molecular flexibility index (Phi) is 3.61. The van der Waals surface area contributed by atoms with E-state index in [4.69, 9.17) is 0 Å². The predicted molar refractivity (Wildman–Crippen MR) is 86.9 cm³/mol. The zero-order valence-electron chi connectivity index (χ0n) is 12.4. The van der Waals surface area contributed by atoms with Crippen LogP contribution >= 0.6 is 0 Å². The number of aryl methyl sites for hydroxylation is 1. The molecule has 0 bridgehead atoms. The van der Waals surface area contributed by atoms with Gasteiger partial charge in [0, 0.05) is 35.1 Å². The Morgan fingerprint density at radius 1 is 1.05 bits per heavy atom. The Morgan fingerprint density at radius 3 is 2.38 bits per heavy atom. The predicted octanol–water partition coefficient (Wildman–Crippen LogP) is 4.53. The highest BCUT2D eigenvalue weighted by Gasteiger charge is 2.22. The van der Waals surface area contributed by atoms with Crippen LogP contribution in [0, 0.1) is 0 Å². The SMILES string of the molecule is CC[C@@H](c1ccccc1)c1c(C=O)c2ccccc2n1C. The van der Waals surface area contributed by atoms with Crippen LogP contribution in [0.15, 0.2) is 54.6 Å². The van der Waals surface area contributed by atoms with Crippen molar-refractivity contribution >= 4 is 17.2 Å². The smallest absolute Gasteiger partial charge is 0.152 e. The van der Waals surface area contributed by atoms with Gasteiger partial charge in [-0.25, -0.2) is 0 Å². The molecule has 0 spiro atoms. The molecular weight excluding hydrogens is 258 g/mol. The topological polar surface area (TPSA) is 22.0 Å². The van der Waals surface area contributed by atoms with Crippen molar-refractivity contribution in [2.75, 3.05) is 0 Å². The summed E-state index contributed by atoms with van der Waals surface area (Å²) in [7, 11) is 2.05. The number of aldehydes is 1. The minimum Gasteiger partial charge on any atom is -0.346 e. The molecule has 0 radical (unpaired) electrons. The first-order valence-corrected chi connectivity index (χ1v) is 7.35. The summed E-state index contributed by atoms with van der Waals surface area (Å²) >= 11 is 0. The van der Waals surface area contributed by atoms with Crippen LogP contribution in [0.3, 0.4) is 0 Å². The van der Waals surface area contributed by atoms with Crippen LogP contribution in [-0.4, -0.2) is 10.9 Å². The fourth-order valence-electron chi connectivity index (χ4n) is 3.26. The van der Waals surface area contributed by atoms with E-state index in [2.05, 4.69) is 48.9 Å². The molecule has 2 nitrogen and oxygen atoms in total. The third-order valence-electron chi connectivity index (χ3n) is 4.25. The van der Waals surface area contributed by atoms with Crippen molar-refractivity contribution in [3.63, 3.8) is 0 Å². The van der Waals surface area contributed by atoms with Crippen LogP contribution < -0.4 is 0 Å². The minimum atomic E-state index is 0.240. The molecule has 1 heterocycles. The van der Waals surface area contributed by atoms with Crippen LogP contribution in [0.25, 0.3) is 10.9 Å². The number of nitrogens with zero attached hydrogens (tertiary/aromatic N) is 1. The maximum Gasteiger partial charge on any atom is 0.152 e. The van der Waals surface area contributed by atoms with Gasteiger partial charge >= 0.3 is 0 Å². The van der Waals surface area contributed by atoms with E-state index in [1.165, 1.54) is 5.56 Å². The van der Waals surface area contributed by atoms with Crippen molar-refractivity contribution in [3.05, 3.63) is 71.4 Å². The lowest BCUT2D eigenvalue weighted by molar-refractivity contribution is 0.112. The van der Waals surface area contributed by atoms with Crippen molar-refractivity contribution in [2.45, 2.75) is 19.3 Å². The van der Waals surface area contributed by atoms with Crippen molar-refractivity contribution < 1.29 is 4.79 Å². The highest BCUT2D eigenvalue weighted by molar-refractivity contribution is 5.99. The largest absolute Gasteiger partial charge is 0.346 e. The lowest BCUT2D eigenvalue weighted by Gasteiger charge is -2.18. The number of carbonyl (C=O) groups is 1. The molecule has 1 aromatic heterocycles. The Bertz CT molecular complexity index is 771. The Balaban J connectivity index is 2.28. The van der Waals surface area contributed by atoms with Gasteiger partial charge in [-0.15, -0.1) is 0 Å². The summed E-state index contributed by atoms with van der Waals surface area (Å²) in [6, 6.07) is 18.5. The summed E-state index contributed by atoms with van der Waals surface area (Å²) in [5, 5.41) is 1.04. The molecule has 3 aromatic rings. The molecule has 0 amide bonds. The van der Waals surface area contributed by atoms with Crippen LogP contribution in [0.5, 0.6) is 0 Å². The number of fused-ring (bicyclic) bond motifs is 1. The zero-order chi connectivity index (χ0) is 14.8. The summed E-state index contributed by atoms with van der Waals surface area (Å²) < 4.78 is 2.17. The molecule has 21 heavy (non-hydrogen) atoms. The lowest BCUT2D eigenvalue weighted by atomic mass is 9.90. The Hall–Kier alpha value is -2.35. The second-order valence-corrected chi connectivity index (χ2v) is 5.36. The maximum absolute atomic E-state index is 11.7. The average Bonchev–Trinajstić information content (AvgIpc) is 2.82. The molecule has 0 fully saturated rings. The number of carbonyl (C=O) groups excluding carboxylic acids is 1.